The van der Waals surface area contributed by atoms with Crippen LogP contribution < -0.4 is 4.74 Å². The second-order valence-corrected chi connectivity index (χ2v) is 9.24. The molecule has 0 radical (unpaired) electrons. The Morgan fingerprint density at radius 3 is 2.33 bits per heavy atom. The van der Waals surface area contributed by atoms with Gasteiger partial charge in [-0.2, -0.15) is 5.26 Å². The average molecular weight is 404 g/mol. The Morgan fingerprint density at radius 2 is 1.77 bits per heavy atom. The molecule has 0 unspecified atom stereocenters. The number of H-pyrrole nitrogens is 1. The van der Waals surface area contributed by atoms with Crippen LogP contribution in [0, 0.1) is 16.7 Å². The van der Waals surface area contributed by atoms with Crippen molar-refractivity contribution in [1.29, 1.82) is 5.26 Å². The molecular formula is C26H33N3O. The Morgan fingerprint density at radius 1 is 1.07 bits per heavy atom. The summed E-state index contributed by atoms with van der Waals surface area (Å²) in [6.45, 7) is 8.79. The van der Waals surface area contributed by atoms with Crippen LogP contribution in [-0.2, 0) is 6.42 Å². The number of hydrogen-bond donors (Lipinski definition) is 1. The van der Waals surface area contributed by atoms with E-state index >= 15 is 0 Å². The van der Waals surface area contributed by atoms with Crippen LogP contribution in [-0.4, -0.2) is 16.1 Å². The first kappa shape index (κ1) is 21.9. The molecule has 0 amide bonds. The topological polar surface area (TPSA) is 61.7 Å². The van der Waals surface area contributed by atoms with Crippen LogP contribution in [0.5, 0.6) is 5.75 Å². The molecule has 1 aromatic heterocycles. The minimum absolute atomic E-state index is 0.176. The van der Waals surface area contributed by atoms with Crippen molar-refractivity contribution in [3.05, 3.63) is 59.4 Å². The molecule has 0 bridgehead atoms. The van der Waals surface area contributed by atoms with Crippen molar-refractivity contribution in [2.24, 2.45) is 5.41 Å². The second-order valence-electron chi connectivity index (χ2n) is 9.24. The molecule has 2 aromatic carbocycles. The van der Waals surface area contributed by atoms with Gasteiger partial charge < -0.3 is 9.72 Å². The Balaban J connectivity index is 0.000000269. The van der Waals surface area contributed by atoms with Crippen LogP contribution in [0.4, 0.5) is 0 Å². The Hall–Kier alpha value is -2.80. The molecule has 0 atom stereocenters. The summed E-state index contributed by atoms with van der Waals surface area (Å²) in [5.74, 6) is 1.77. The Labute approximate surface area is 180 Å². The zero-order valence-electron chi connectivity index (χ0n) is 18.7. The summed E-state index contributed by atoms with van der Waals surface area (Å²) < 4.78 is 5.64. The predicted molar refractivity (Wildman–Crippen MR) is 123 cm³/mol. The molecule has 0 spiro atoms. The lowest BCUT2D eigenvalue weighted by atomic mass is 9.78. The van der Waals surface area contributed by atoms with E-state index in [0.717, 1.165) is 34.6 Å². The molecule has 1 aliphatic rings. The number of imidazole rings is 1. The monoisotopic (exact) mass is 403 g/mol. The minimum Gasteiger partial charge on any atom is -0.491 e. The van der Waals surface area contributed by atoms with E-state index < -0.39 is 0 Å². The zero-order valence-corrected chi connectivity index (χ0v) is 18.7. The van der Waals surface area contributed by atoms with E-state index in [1.54, 1.807) is 6.07 Å². The van der Waals surface area contributed by atoms with Gasteiger partial charge in [0.15, 0.2) is 0 Å². The van der Waals surface area contributed by atoms with Gasteiger partial charge in [-0.15, -0.1) is 0 Å². The quantitative estimate of drug-likeness (QED) is 0.521. The highest BCUT2D eigenvalue weighted by molar-refractivity contribution is 5.76. The summed E-state index contributed by atoms with van der Waals surface area (Å²) in [4.78, 5) is 7.83. The highest BCUT2D eigenvalue weighted by atomic mass is 16.5. The van der Waals surface area contributed by atoms with Crippen LogP contribution in [0.15, 0.2) is 42.5 Å². The smallest absolute Gasteiger partial charge is 0.119 e. The van der Waals surface area contributed by atoms with Gasteiger partial charge in [0.25, 0.3) is 0 Å². The number of hydrogen-bond acceptors (Lipinski definition) is 3. The standard InChI is InChI=1S/C18H17N3O.C8H16/c1-12(2)22-15-6-3-13(4-7-15)10-18-20-16-8-5-14(11-19)9-17(16)21-18;1-8(2)6-4-3-5-7-8/h3-9,12H,10H2,1-2H3,(H,20,21);3-7H2,1-2H3. The van der Waals surface area contributed by atoms with Gasteiger partial charge in [0.1, 0.15) is 11.6 Å². The van der Waals surface area contributed by atoms with Crippen LogP contribution in [0.25, 0.3) is 11.0 Å². The predicted octanol–water partition coefficient (Wildman–Crippen LogP) is 6.79. The molecule has 158 valence electrons. The van der Waals surface area contributed by atoms with E-state index in [0.29, 0.717) is 11.0 Å². The van der Waals surface area contributed by atoms with Gasteiger partial charge in [0.2, 0.25) is 0 Å². The van der Waals surface area contributed by atoms with E-state index in [4.69, 9.17) is 10.00 Å². The maximum atomic E-state index is 8.93. The van der Waals surface area contributed by atoms with Crippen molar-refractivity contribution >= 4 is 11.0 Å². The molecule has 1 N–H and O–H groups in total. The Bertz CT molecular complexity index is 985. The van der Waals surface area contributed by atoms with Gasteiger partial charge in [0, 0.05) is 6.42 Å². The molecule has 1 saturated carbocycles. The van der Waals surface area contributed by atoms with Crippen molar-refractivity contribution in [2.75, 3.05) is 0 Å². The minimum atomic E-state index is 0.176. The number of rotatable bonds is 4. The summed E-state index contributed by atoms with van der Waals surface area (Å²) in [5, 5.41) is 8.93. The lowest BCUT2D eigenvalue weighted by Crippen LogP contribution is -2.14. The number of nitrogens with zero attached hydrogens (tertiary/aromatic N) is 2. The van der Waals surface area contributed by atoms with E-state index in [2.05, 4.69) is 29.9 Å². The second kappa shape index (κ2) is 9.80. The first-order chi connectivity index (χ1) is 14.3. The highest BCUT2D eigenvalue weighted by Gasteiger charge is 2.19. The summed E-state index contributed by atoms with van der Waals surface area (Å²) in [6.07, 6.45) is 8.21. The number of aromatic nitrogens is 2. The lowest BCUT2D eigenvalue weighted by molar-refractivity contribution is 0.242. The van der Waals surface area contributed by atoms with Crippen molar-refractivity contribution in [3.8, 4) is 11.8 Å². The van der Waals surface area contributed by atoms with Gasteiger partial charge in [-0.1, -0.05) is 45.2 Å². The third-order valence-electron chi connectivity index (χ3n) is 5.53. The lowest BCUT2D eigenvalue weighted by Gasteiger charge is -2.28. The summed E-state index contributed by atoms with van der Waals surface area (Å²) in [6, 6.07) is 15.7. The van der Waals surface area contributed by atoms with Gasteiger partial charge >= 0.3 is 0 Å². The van der Waals surface area contributed by atoms with Gasteiger partial charge in [-0.05, 0) is 68.0 Å². The average Bonchev–Trinajstić information content (AvgIpc) is 3.10. The van der Waals surface area contributed by atoms with Crippen LogP contribution in [0.2, 0.25) is 0 Å². The maximum absolute atomic E-state index is 8.93. The fourth-order valence-corrected chi connectivity index (χ4v) is 3.88. The van der Waals surface area contributed by atoms with E-state index in [-0.39, 0.29) is 6.10 Å². The van der Waals surface area contributed by atoms with E-state index in [9.17, 15) is 0 Å². The first-order valence-electron chi connectivity index (χ1n) is 11.0. The molecule has 0 saturated heterocycles. The number of fused-ring (bicyclic) bond motifs is 1. The van der Waals surface area contributed by atoms with Gasteiger partial charge in [-0.25, -0.2) is 4.98 Å². The summed E-state index contributed by atoms with van der Waals surface area (Å²) in [7, 11) is 0. The van der Waals surface area contributed by atoms with E-state index in [1.165, 1.54) is 32.1 Å². The zero-order chi connectivity index (χ0) is 21.6. The molecule has 4 nitrogen and oxygen atoms in total. The number of nitriles is 1. The normalized spacial score (nSPS) is 15.3. The fraction of sp³-hybridized carbons (Fsp3) is 0.462. The molecule has 30 heavy (non-hydrogen) atoms. The molecule has 4 heteroatoms. The fourth-order valence-electron chi connectivity index (χ4n) is 3.88. The molecule has 3 aromatic rings. The Kier molecular flexibility index (Phi) is 7.15. The van der Waals surface area contributed by atoms with Crippen molar-refractivity contribution < 1.29 is 4.74 Å². The summed E-state index contributed by atoms with van der Waals surface area (Å²) >= 11 is 0. The molecule has 1 fully saturated rings. The SMILES string of the molecule is CC(C)Oc1ccc(Cc2nc3ccc(C#N)cc3[nH]2)cc1.CC1(C)CCCCC1. The van der Waals surface area contributed by atoms with Crippen LogP contribution in [0.3, 0.4) is 0 Å². The largest absolute Gasteiger partial charge is 0.491 e. The number of benzene rings is 2. The third-order valence-corrected chi connectivity index (χ3v) is 5.53. The third kappa shape index (κ3) is 6.35. The van der Waals surface area contributed by atoms with Gasteiger partial charge in [-0.3, -0.25) is 0 Å². The molecular weight excluding hydrogens is 370 g/mol. The van der Waals surface area contributed by atoms with Crippen molar-refractivity contribution in [1.82, 2.24) is 9.97 Å². The molecule has 0 aliphatic heterocycles. The van der Waals surface area contributed by atoms with Crippen LogP contribution >= 0.6 is 0 Å². The molecule has 1 heterocycles. The number of aromatic amines is 1. The number of nitrogens with one attached hydrogen (secondary N) is 1. The highest BCUT2D eigenvalue weighted by Crippen LogP contribution is 2.34. The summed E-state index contributed by atoms with van der Waals surface area (Å²) in [5.41, 5.74) is 4.26. The van der Waals surface area contributed by atoms with Crippen LogP contribution in [0.1, 0.15) is 76.8 Å². The van der Waals surface area contributed by atoms with E-state index in [1.807, 2.05) is 50.2 Å². The maximum Gasteiger partial charge on any atom is 0.119 e. The molecule has 4 rings (SSSR count). The van der Waals surface area contributed by atoms with Crippen molar-refractivity contribution in [3.63, 3.8) is 0 Å². The van der Waals surface area contributed by atoms with Crippen molar-refractivity contribution in [2.45, 2.75) is 72.3 Å². The first-order valence-corrected chi connectivity index (χ1v) is 11.0. The molecule has 1 aliphatic carbocycles. The number of ether oxygens (including phenoxy) is 1. The van der Waals surface area contributed by atoms with Gasteiger partial charge in [0.05, 0.1) is 28.8 Å².